The Morgan fingerprint density at radius 3 is 2.60 bits per heavy atom. The van der Waals surface area contributed by atoms with Crippen molar-refractivity contribution in [2.24, 2.45) is 11.8 Å². The molecule has 110 valence electrons. The molecule has 2 atom stereocenters. The third-order valence-electron chi connectivity index (χ3n) is 4.83. The first kappa shape index (κ1) is 15.1. The van der Waals surface area contributed by atoms with Gasteiger partial charge in [-0.1, -0.05) is 25.8 Å². The Kier molecular flexibility index (Phi) is 4.86. The predicted octanol–water partition coefficient (Wildman–Crippen LogP) is 3.71. The average molecular weight is 274 g/mol. The van der Waals surface area contributed by atoms with Gasteiger partial charge in [0.15, 0.2) is 0 Å². The van der Waals surface area contributed by atoms with Crippen molar-refractivity contribution in [1.82, 2.24) is 5.32 Å². The number of allylic oxidation sites excluding steroid dienone is 1. The molecule has 0 unspecified atom stereocenters. The topological polar surface area (TPSA) is 52.9 Å². The lowest BCUT2D eigenvalue weighted by Gasteiger charge is -2.34. The fourth-order valence-electron chi connectivity index (χ4n) is 3.53. The molecule has 0 saturated heterocycles. The summed E-state index contributed by atoms with van der Waals surface area (Å²) >= 11 is 0. The Morgan fingerprint density at radius 1 is 1.30 bits per heavy atom. The quantitative estimate of drug-likeness (QED) is 0.780. The van der Waals surface area contributed by atoms with Gasteiger partial charge in [-0.3, -0.25) is 4.79 Å². The molecule has 0 aromatic heterocycles. The Hall–Kier alpha value is -1.30. The number of carbonyl (C=O) groups excluding carboxylic acids is 1. The maximum absolute atomic E-state index is 12.2. The first-order chi connectivity index (χ1) is 9.53. The highest BCUT2D eigenvalue weighted by Gasteiger charge is 2.36. The summed E-state index contributed by atoms with van der Waals surface area (Å²) in [6, 6.07) is 2.36. The summed E-state index contributed by atoms with van der Waals surface area (Å²) in [5, 5.41) is 12.5. The summed E-state index contributed by atoms with van der Waals surface area (Å²) in [6.45, 7) is 4.43. The standard InChI is InChI=1S/C17H26N2O/c1-13-5-7-15(8-6-13)10-16(20)19-17(12-18)9-3-4-14(2)11-17/h10,13-14H,3-9,11H2,1-2H3,(H,19,20)/t13?,14-,17+/m1/s1. The van der Waals surface area contributed by atoms with E-state index >= 15 is 0 Å². The fraction of sp³-hybridized carbons (Fsp3) is 0.765. The van der Waals surface area contributed by atoms with Gasteiger partial charge in [0.05, 0.1) is 6.07 Å². The second-order valence-corrected chi connectivity index (χ2v) is 6.87. The highest BCUT2D eigenvalue weighted by atomic mass is 16.1. The summed E-state index contributed by atoms with van der Waals surface area (Å²) in [6.07, 6.45) is 9.95. The molecule has 0 aromatic rings. The van der Waals surface area contributed by atoms with Gasteiger partial charge in [-0.05, 0) is 56.8 Å². The van der Waals surface area contributed by atoms with Crippen molar-refractivity contribution in [1.29, 1.82) is 5.26 Å². The SMILES string of the molecule is CC1CCC(=CC(=O)N[C@@]2(C#N)CCC[C@@H](C)C2)CC1. The minimum atomic E-state index is -0.631. The number of nitrogens with zero attached hydrogens (tertiary/aromatic N) is 1. The molecule has 0 aliphatic heterocycles. The van der Waals surface area contributed by atoms with Crippen molar-refractivity contribution in [3.63, 3.8) is 0 Å². The van der Waals surface area contributed by atoms with Crippen molar-refractivity contribution in [3.05, 3.63) is 11.6 Å². The smallest absolute Gasteiger partial charge is 0.245 e. The summed E-state index contributed by atoms with van der Waals surface area (Å²) in [5.41, 5.74) is 0.617. The highest BCUT2D eigenvalue weighted by molar-refractivity contribution is 5.89. The maximum Gasteiger partial charge on any atom is 0.245 e. The van der Waals surface area contributed by atoms with Crippen LogP contribution in [0.2, 0.25) is 0 Å². The zero-order valence-corrected chi connectivity index (χ0v) is 12.7. The normalized spacial score (nSPS) is 34.1. The summed E-state index contributed by atoms with van der Waals surface area (Å²) in [5.74, 6) is 1.23. The van der Waals surface area contributed by atoms with Gasteiger partial charge in [0.2, 0.25) is 5.91 Å². The molecule has 2 fully saturated rings. The molecule has 2 aliphatic carbocycles. The second kappa shape index (κ2) is 6.43. The van der Waals surface area contributed by atoms with Crippen LogP contribution < -0.4 is 5.32 Å². The van der Waals surface area contributed by atoms with Crippen LogP contribution in [0.15, 0.2) is 11.6 Å². The van der Waals surface area contributed by atoms with Gasteiger partial charge in [0, 0.05) is 6.08 Å². The van der Waals surface area contributed by atoms with Crippen LogP contribution in [0.5, 0.6) is 0 Å². The molecular weight excluding hydrogens is 248 g/mol. The van der Waals surface area contributed by atoms with E-state index in [2.05, 4.69) is 25.2 Å². The molecule has 1 N–H and O–H groups in total. The largest absolute Gasteiger partial charge is 0.334 e. The van der Waals surface area contributed by atoms with Crippen LogP contribution in [0, 0.1) is 23.2 Å². The molecule has 3 heteroatoms. The van der Waals surface area contributed by atoms with Crippen molar-refractivity contribution < 1.29 is 4.79 Å². The molecule has 2 aliphatic rings. The molecule has 20 heavy (non-hydrogen) atoms. The number of rotatable bonds is 2. The monoisotopic (exact) mass is 274 g/mol. The molecule has 3 nitrogen and oxygen atoms in total. The van der Waals surface area contributed by atoms with Crippen LogP contribution in [0.1, 0.15) is 65.2 Å². The molecule has 0 spiro atoms. The van der Waals surface area contributed by atoms with Crippen molar-refractivity contribution >= 4 is 5.91 Å². The van der Waals surface area contributed by atoms with E-state index in [1.165, 1.54) is 18.4 Å². The number of amides is 1. The number of hydrogen-bond donors (Lipinski definition) is 1. The van der Waals surface area contributed by atoms with Crippen LogP contribution in [-0.4, -0.2) is 11.4 Å². The summed E-state index contributed by atoms with van der Waals surface area (Å²) in [7, 11) is 0. The molecule has 2 rings (SSSR count). The molecule has 1 amide bonds. The van der Waals surface area contributed by atoms with E-state index in [0.717, 1.165) is 44.4 Å². The van der Waals surface area contributed by atoms with E-state index in [9.17, 15) is 10.1 Å². The first-order valence-electron chi connectivity index (χ1n) is 7.96. The van der Waals surface area contributed by atoms with E-state index in [1.807, 2.05) is 0 Å². The van der Waals surface area contributed by atoms with Crippen molar-refractivity contribution in [2.45, 2.75) is 70.8 Å². The molecule has 0 heterocycles. The van der Waals surface area contributed by atoms with Crippen molar-refractivity contribution in [3.8, 4) is 6.07 Å². The zero-order chi connectivity index (χ0) is 14.6. The van der Waals surface area contributed by atoms with Gasteiger partial charge in [-0.25, -0.2) is 0 Å². The lowest BCUT2D eigenvalue weighted by Crippen LogP contribution is -2.49. The van der Waals surface area contributed by atoms with E-state index in [1.54, 1.807) is 6.08 Å². The Bertz CT molecular complexity index is 425. The van der Waals surface area contributed by atoms with Crippen LogP contribution in [0.4, 0.5) is 0 Å². The Balaban J connectivity index is 1.96. The zero-order valence-electron chi connectivity index (χ0n) is 12.7. The number of hydrogen-bond acceptors (Lipinski definition) is 2. The average Bonchev–Trinajstić information content (AvgIpc) is 2.41. The number of nitrogens with one attached hydrogen (secondary N) is 1. The van der Waals surface area contributed by atoms with E-state index in [4.69, 9.17) is 0 Å². The van der Waals surface area contributed by atoms with Gasteiger partial charge < -0.3 is 5.32 Å². The minimum absolute atomic E-state index is 0.0646. The van der Waals surface area contributed by atoms with Gasteiger partial charge >= 0.3 is 0 Å². The predicted molar refractivity (Wildman–Crippen MR) is 79.8 cm³/mol. The van der Waals surface area contributed by atoms with E-state index in [0.29, 0.717) is 5.92 Å². The summed E-state index contributed by atoms with van der Waals surface area (Å²) < 4.78 is 0. The van der Waals surface area contributed by atoms with Gasteiger partial charge in [-0.2, -0.15) is 5.26 Å². The molecule has 2 saturated carbocycles. The van der Waals surface area contributed by atoms with Crippen molar-refractivity contribution in [2.75, 3.05) is 0 Å². The third-order valence-corrected chi connectivity index (χ3v) is 4.83. The van der Waals surface area contributed by atoms with Crippen LogP contribution >= 0.6 is 0 Å². The van der Waals surface area contributed by atoms with E-state index < -0.39 is 5.54 Å². The van der Waals surface area contributed by atoms with Crippen LogP contribution in [-0.2, 0) is 4.79 Å². The van der Waals surface area contributed by atoms with Gasteiger partial charge in [0.25, 0.3) is 0 Å². The minimum Gasteiger partial charge on any atom is -0.334 e. The third kappa shape index (κ3) is 3.85. The lowest BCUT2D eigenvalue weighted by atomic mass is 9.77. The second-order valence-electron chi connectivity index (χ2n) is 6.87. The Morgan fingerprint density at radius 2 is 2.00 bits per heavy atom. The van der Waals surface area contributed by atoms with Gasteiger partial charge in [0.1, 0.15) is 5.54 Å². The van der Waals surface area contributed by atoms with E-state index in [-0.39, 0.29) is 5.91 Å². The molecule has 0 bridgehead atoms. The lowest BCUT2D eigenvalue weighted by molar-refractivity contribution is -0.118. The maximum atomic E-state index is 12.2. The first-order valence-corrected chi connectivity index (χ1v) is 7.96. The summed E-state index contributed by atoms with van der Waals surface area (Å²) in [4.78, 5) is 12.2. The number of nitriles is 1. The van der Waals surface area contributed by atoms with Gasteiger partial charge in [-0.15, -0.1) is 0 Å². The fourth-order valence-corrected chi connectivity index (χ4v) is 3.53. The molecular formula is C17H26N2O. The molecule has 0 aromatic carbocycles. The molecule has 0 radical (unpaired) electrons. The number of carbonyl (C=O) groups is 1. The highest BCUT2D eigenvalue weighted by Crippen LogP contribution is 2.32. The van der Waals surface area contributed by atoms with Crippen LogP contribution in [0.25, 0.3) is 0 Å². The Labute approximate surface area is 122 Å². The van der Waals surface area contributed by atoms with Crippen LogP contribution in [0.3, 0.4) is 0 Å².